The van der Waals surface area contributed by atoms with Crippen molar-refractivity contribution in [3.63, 3.8) is 0 Å². The summed E-state index contributed by atoms with van der Waals surface area (Å²) in [5.41, 5.74) is 0.463. The van der Waals surface area contributed by atoms with Gasteiger partial charge in [0.2, 0.25) is 0 Å². The van der Waals surface area contributed by atoms with Crippen LogP contribution in [0, 0.1) is 0 Å². The molecule has 0 fully saturated rings. The molecular formula is C12H20ClN3O. The Labute approximate surface area is 107 Å². The molecule has 0 saturated heterocycles. The summed E-state index contributed by atoms with van der Waals surface area (Å²) >= 11 is 5.94. The summed E-state index contributed by atoms with van der Waals surface area (Å²) in [5, 5.41) is 7.33. The predicted octanol–water partition coefficient (Wildman–Crippen LogP) is 2.87. The number of nitrogens with one attached hydrogen (secondary N) is 1. The molecule has 1 heterocycles. The molecular weight excluding hydrogens is 238 g/mol. The normalized spacial score (nSPS) is 10.5. The maximum atomic E-state index is 11.9. The Balaban J connectivity index is 2.44. The second-order valence-corrected chi connectivity index (χ2v) is 4.38. The van der Waals surface area contributed by atoms with E-state index in [1.54, 1.807) is 4.68 Å². The summed E-state index contributed by atoms with van der Waals surface area (Å²) < 4.78 is 1.61. The first-order chi connectivity index (χ1) is 8.20. The molecule has 1 amide bonds. The highest BCUT2D eigenvalue weighted by Gasteiger charge is 2.15. The van der Waals surface area contributed by atoms with Crippen LogP contribution < -0.4 is 5.32 Å². The number of aryl methyl sites for hydroxylation is 1. The summed E-state index contributed by atoms with van der Waals surface area (Å²) in [5.74, 6) is -0.133. The summed E-state index contributed by atoms with van der Waals surface area (Å²) in [6.45, 7) is 5.44. The van der Waals surface area contributed by atoms with Gasteiger partial charge in [0.15, 0.2) is 0 Å². The summed E-state index contributed by atoms with van der Waals surface area (Å²) in [4.78, 5) is 11.9. The highest BCUT2D eigenvalue weighted by molar-refractivity contribution is 6.33. The average molecular weight is 258 g/mol. The number of aromatic nitrogens is 2. The Morgan fingerprint density at radius 2 is 2.18 bits per heavy atom. The van der Waals surface area contributed by atoms with E-state index in [0.29, 0.717) is 23.8 Å². The fourth-order valence-electron chi connectivity index (χ4n) is 1.67. The molecule has 0 aliphatic carbocycles. The number of rotatable bonds is 7. The molecule has 0 bridgehead atoms. The van der Waals surface area contributed by atoms with Crippen molar-refractivity contribution in [1.29, 1.82) is 0 Å². The molecule has 1 N–H and O–H groups in total. The van der Waals surface area contributed by atoms with Gasteiger partial charge in [-0.05, 0) is 13.3 Å². The van der Waals surface area contributed by atoms with E-state index in [1.165, 1.54) is 19.0 Å². The summed E-state index contributed by atoms with van der Waals surface area (Å²) in [6.07, 6.45) is 6.08. The van der Waals surface area contributed by atoms with Crippen LogP contribution in [0.3, 0.4) is 0 Å². The average Bonchev–Trinajstić information content (AvgIpc) is 2.70. The Hall–Kier alpha value is -1.03. The zero-order valence-electron chi connectivity index (χ0n) is 10.5. The molecule has 0 spiro atoms. The van der Waals surface area contributed by atoms with Crippen molar-refractivity contribution in [3.05, 3.63) is 16.9 Å². The van der Waals surface area contributed by atoms with Gasteiger partial charge in [0, 0.05) is 13.1 Å². The van der Waals surface area contributed by atoms with Gasteiger partial charge in [-0.25, -0.2) is 0 Å². The minimum Gasteiger partial charge on any atom is -0.351 e. The van der Waals surface area contributed by atoms with E-state index in [2.05, 4.69) is 17.3 Å². The van der Waals surface area contributed by atoms with E-state index in [0.717, 1.165) is 12.8 Å². The lowest BCUT2D eigenvalue weighted by Gasteiger charge is -2.07. The SMILES string of the molecule is CCCCCCNC(=O)c1c(Cl)cnn1CC. The van der Waals surface area contributed by atoms with E-state index in [1.807, 2.05) is 6.92 Å². The lowest BCUT2D eigenvalue weighted by Crippen LogP contribution is -2.27. The molecule has 0 radical (unpaired) electrons. The molecule has 0 saturated carbocycles. The molecule has 4 nitrogen and oxygen atoms in total. The van der Waals surface area contributed by atoms with Crippen LogP contribution in [0.2, 0.25) is 5.02 Å². The van der Waals surface area contributed by atoms with Crippen LogP contribution in [0.1, 0.15) is 50.0 Å². The quantitative estimate of drug-likeness (QED) is 0.764. The standard InChI is InChI=1S/C12H20ClN3O/c1-3-5-6-7-8-14-12(17)11-10(13)9-15-16(11)4-2/h9H,3-8H2,1-2H3,(H,14,17). The largest absolute Gasteiger partial charge is 0.351 e. The van der Waals surface area contributed by atoms with Gasteiger partial charge in [-0.2, -0.15) is 5.10 Å². The molecule has 0 atom stereocenters. The maximum Gasteiger partial charge on any atom is 0.271 e. The Bertz CT molecular complexity index is 363. The molecule has 1 aromatic rings. The molecule has 0 aliphatic heterocycles. The molecule has 96 valence electrons. The van der Waals surface area contributed by atoms with Crippen LogP contribution >= 0.6 is 11.6 Å². The highest BCUT2D eigenvalue weighted by Crippen LogP contribution is 2.14. The van der Waals surface area contributed by atoms with Crippen LogP contribution in [0.5, 0.6) is 0 Å². The van der Waals surface area contributed by atoms with Crippen molar-refractivity contribution in [2.75, 3.05) is 6.54 Å². The van der Waals surface area contributed by atoms with Crippen molar-refractivity contribution in [1.82, 2.24) is 15.1 Å². The fourth-order valence-corrected chi connectivity index (χ4v) is 1.89. The van der Waals surface area contributed by atoms with Gasteiger partial charge in [0.25, 0.3) is 5.91 Å². The molecule has 17 heavy (non-hydrogen) atoms. The van der Waals surface area contributed by atoms with Crippen LogP contribution in [0.25, 0.3) is 0 Å². The molecule has 5 heteroatoms. The zero-order valence-corrected chi connectivity index (χ0v) is 11.3. The molecule has 0 aliphatic rings. The number of hydrogen-bond acceptors (Lipinski definition) is 2. The lowest BCUT2D eigenvalue weighted by molar-refractivity contribution is 0.0942. The summed E-state index contributed by atoms with van der Waals surface area (Å²) in [7, 11) is 0. The van der Waals surface area contributed by atoms with Crippen molar-refractivity contribution in [2.45, 2.75) is 46.1 Å². The van der Waals surface area contributed by atoms with E-state index in [4.69, 9.17) is 11.6 Å². The number of unbranched alkanes of at least 4 members (excludes halogenated alkanes) is 3. The van der Waals surface area contributed by atoms with Gasteiger partial charge >= 0.3 is 0 Å². The Morgan fingerprint density at radius 1 is 1.41 bits per heavy atom. The van der Waals surface area contributed by atoms with Crippen molar-refractivity contribution >= 4 is 17.5 Å². The second-order valence-electron chi connectivity index (χ2n) is 3.97. The van der Waals surface area contributed by atoms with Gasteiger partial charge in [-0.15, -0.1) is 0 Å². The number of halogens is 1. The van der Waals surface area contributed by atoms with Crippen LogP contribution in [-0.4, -0.2) is 22.2 Å². The number of hydrogen-bond donors (Lipinski definition) is 1. The Morgan fingerprint density at radius 3 is 2.82 bits per heavy atom. The number of amides is 1. The molecule has 1 aromatic heterocycles. The van der Waals surface area contributed by atoms with Gasteiger partial charge in [0.1, 0.15) is 5.69 Å². The van der Waals surface area contributed by atoms with Crippen molar-refractivity contribution < 1.29 is 4.79 Å². The van der Waals surface area contributed by atoms with Gasteiger partial charge in [0.05, 0.1) is 11.2 Å². The monoisotopic (exact) mass is 257 g/mol. The molecule has 0 unspecified atom stereocenters. The van der Waals surface area contributed by atoms with Crippen LogP contribution in [-0.2, 0) is 6.54 Å². The van der Waals surface area contributed by atoms with Gasteiger partial charge < -0.3 is 5.32 Å². The number of carbonyl (C=O) groups is 1. The predicted molar refractivity (Wildman–Crippen MR) is 69.4 cm³/mol. The Kier molecular flexibility index (Phi) is 6.05. The molecule has 1 rings (SSSR count). The fraction of sp³-hybridized carbons (Fsp3) is 0.667. The highest BCUT2D eigenvalue weighted by atomic mass is 35.5. The van der Waals surface area contributed by atoms with Crippen molar-refractivity contribution in [2.24, 2.45) is 0 Å². The molecule has 0 aromatic carbocycles. The third-order valence-corrected chi connectivity index (χ3v) is 2.90. The minimum absolute atomic E-state index is 0.133. The smallest absolute Gasteiger partial charge is 0.271 e. The maximum absolute atomic E-state index is 11.9. The lowest BCUT2D eigenvalue weighted by atomic mass is 10.2. The topological polar surface area (TPSA) is 46.9 Å². The zero-order chi connectivity index (χ0) is 12.7. The summed E-state index contributed by atoms with van der Waals surface area (Å²) in [6, 6.07) is 0. The first kappa shape index (κ1) is 14.0. The van der Waals surface area contributed by atoms with E-state index < -0.39 is 0 Å². The van der Waals surface area contributed by atoms with E-state index in [9.17, 15) is 4.79 Å². The number of carbonyl (C=O) groups excluding carboxylic acids is 1. The first-order valence-electron chi connectivity index (χ1n) is 6.20. The first-order valence-corrected chi connectivity index (χ1v) is 6.58. The van der Waals surface area contributed by atoms with Crippen molar-refractivity contribution in [3.8, 4) is 0 Å². The van der Waals surface area contributed by atoms with E-state index in [-0.39, 0.29) is 5.91 Å². The second kappa shape index (κ2) is 7.33. The third-order valence-electron chi connectivity index (χ3n) is 2.63. The van der Waals surface area contributed by atoms with E-state index >= 15 is 0 Å². The minimum atomic E-state index is -0.133. The van der Waals surface area contributed by atoms with Crippen LogP contribution in [0.15, 0.2) is 6.20 Å². The third kappa shape index (κ3) is 4.04. The van der Waals surface area contributed by atoms with Gasteiger partial charge in [-0.1, -0.05) is 37.8 Å². The van der Waals surface area contributed by atoms with Crippen LogP contribution in [0.4, 0.5) is 0 Å². The van der Waals surface area contributed by atoms with Gasteiger partial charge in [-0.3, -0.25) is 9.48 Å². The number of nitrogens with zero attached hydrogens (tertiary/aromatic N) is 2.